The van der Waals surface area contributed by atoms with Crippen LogP contribution in [0.5, 0.6) is 0 Å². The Kier molecular flexibility index (Phi) is 6.00. The number of rotatable bonds is 4. The minimum absolute atomic E-state index is 0.00867. The molecule has 0 aromatic carbocycles. The first-order chi connectivity index (χ1) is 11.6. The maximum Gasteiger partial charge on any atom is 0.491 e. The highest BCUT2D eigenvalue weighted by molar-refractivity contribution is 8.13. The molecule has 0 bridgehead atoms. The summed E-state index contributed by atoms with van der Waals surface area (Å²) in [5.74, 6) is 0.427. The molecule has 0 amide bonds. The molecule has 1 aliphatic rings. The normalized spacial score (nSPS) is 18.9. The van der Waals surface area contributed by atoms with Gasteiger partial charge in [0, 0.05) is 18.9 Å². The molecule has 8 heteroatoms. The average Bonchev–Trinajstić information content (AvgIpc) is 2.73. The highest BCUT2D eigenvalue weighted by Crippen LogP contribution is 2.39. The van der Waals surface area contributed by atoms with Crippen LogP contribution >= 0.6 is 23.4 Å². The van der Waals surface area contributed by atoms with Gasteiger partial charge in [-0.2, -0.15) is 5.26 Å². The zero-order valence-electron chi connectivity index (χ0n) is 14.9. The van der Waals surface area contributed by atoms with Crippen LogP contribution in [0.4, 0.5) is 0 Å². The molecule has 1 fully saturated rings. The minimum Gasteiger partial charge on any atom is -0.400 e. The van der Waals surface area contributed by atoms with E-state index in [1.165, 1.54) is 18.7 Å². The second-order valence-corrected chi connectivity index (χ2v) is 8.32. The van der Waals surface area contributed by atoms with Gasteiger partial charge in [0.25, 0.3) is 0 Å². The van der Waals surface area contributed by atoms with Crippen LogP contribution in [0.3, 0.4) is 0 Å². The van der Waals surface area contributed by atoms with Crippen molar-refractivity contribution < 1.29 is 14.1 Å². The second-order valence-electron chi connectivity index (χ2n) is 6.81. The molecule has 1 aromatic rings. The molecule has 0 atom stereocenters. The number of nitriles is 1. The fourth-order valence-electron chi connectivity index (χ4n) is 2.19. The van der Waals surface area contributed by atoms with Gasteiger partial charge in [-0.1, -0.05) is 29.4 Å². The standard InChI is InChI=1S/C17H20BClN2O3S/c1-11(22)25-10-14(18-23-16(2,3)17(4,5)24-18)7-12-6-13(8-20)15(19)21-9-12/h6-7,9H,10H2,1-5H3. The predicted octanol–water partition coefficient (Wildman–Crippen LogP) is 3.90. The van der Waals surface area contributed by atoms with Gasteiger partial charge in [-0.05, 0) is 44.8 Å². The molecule has 0 radical (unpaired) electrons. The Morgan fingerprint density at radius 3 is 2.52 bits per heavy atom. The van der Waals surface area contributed by atoms with Crippen LogP contribution in [-0.4, -0.2) is 34.2 Å². The predicted molar refractivity (Wildman–Crippen MR) is 101 cm³/mol. The van der Waals surface area contributed by atoms with Crippen molar-refractivity contribution in [2.45, 2.75) is 45.8 Å². The molecule has 5 nitrogen and oxygen atoms in total. The molecule has 2 rings (SSSR count). The van der Waals surface area contributed by atoms with E-state index in [-0.39, 0.29) is 10.3 Å². The Hall–Kier alpha value is -1.33. The average molecular weight is 379 g/mol. The van der Waals surface area contributed by atoms with Crippen molar-refractivity contribution >= 4 is 41.7 Å². The first-order valence-electron chi connectivity index (χ1n) is 7.81. The first-order valence-corrected chi connectivity index (χ1v) is 9.17. The Labute approximate surface area is 157 Å². The summed E-state index contributed by atoms with van der Waals surface area (Å²) in [4.78, 5) is 15.4. The summed E-state index contributed by atoms with van der Waals surface area (Å²) in [7, 11) is -0.571. The number of hydrogen-bond acceptors (Lipinski definition) is 6. The van der Waals surface area contributed by atoms with E-state index in [1.54, 1.807) is 12.3 Å². The lowest BCUT2D eigenvalue weighted by Gasteiger charge is -2.32. The Bertz CT molecular complexity index is 743. The number of halogens is 1. The third-order valence-corrected chi connectivity index (χ3v) is 5.52. The van der Waals surface area contributed by atoms with Crippen molar-refractivity contribution in [1.29, 1.82) is 5.26 Å². The van der Waals surface area contributed by atoms with Gasteiger partial charge in [0.1, 0.15) is 11.2 Å². The summed E-state index contributed by atoms with van der Waals surface area (Å²) in [5.41, 5.74) is 0.839. The second kappa shape index (κ2) is 7.51. The summed E-state index contributed by atoms with van der Waals surface area (Å²) in [6, 6.07) is 3.66. The van der Waals surface area contributed by atoms with Gasteiger partial charge in [-0.15, -0.1) is 0 Å². The Balaban J connectivity index is 2.37. The van der Waals surface area contributed by atoms with Gasteiger partial charge < -0.3 is 9.31 Å². The van der Waals surface area contributed by atoms with E-state index in [1.807, 2.05) is 39.8 Å². The Morgan fingerprint density at radius 1 is 1.40 bits per heavy atom. The van der Waals surface area contributed by atoms with Crippen LogP contribution in [0.25, 0.3) is 6.08 Å². The van der Waals surface area contributed by atoms with Gasteiger partial charge in [0.2, 0.25) is 0 Å². The smallest absolute Gasteiger partial charge is 0.400 e. The maximum absolute atomic E-state index is 11.4. The molecule has 0 unspecified atom stereocenters. The quantitative estimate of drug-likeness (QED) is 0.584. The van der Waals surface area contributed by atoms with Crippen molar-refractivity contribution in [3.8, 4) is 6.07 Å². The lowest BCUT2D eigenvalue weighted by Crippen LogP contribution is -2.41. The van der Waals surface area contributed by atoms with Crippen molar-refractivity contribution in [1.82, 2.24) is 4.98 Å². The number of aromatic nitrogens is 1. The first kappa shape index (κ1) is 20.0. The zero-order valence-corrected chi connectivity index (χ0v) is 16.5. The van der Waals surface area contributed by atoms with E-state index in [9.17, 15) is 4.79 Å². The van der Waals surface area contributed by atoms with Crippen molar-refractivity contribution in [2.24, 2.45) is 0 Å². The van der Waals surface area contributed by atoms with E-state index in [0.29, 0.717) is 16.9 Å². The highest BCUT2D eigenvalue weighted by Gasteiger charge is 2.52. The molecule has 2 heterocycles. The topological polar surface area (TPSA) is 72.2 Å². The van der Waals surface area contributed by atoms with E-state index < -0.39 is 18.3 Å². The molecule has 0 saturated carbocycles. The number of pyridine rings is 1. The summed E-state index contributed by atoms with van der Waals surface area (Å²) < 4.78 is 12.2. The van der Waals surface area contributed by atoms with Crippen molar-refractivity contribution in [2.75, 3.05) is 5.75 Å². The summed E-state index contributed by atoms with van der Waals surface area (Å²) in [5, 5.41) is 9.28. The largest absolute Gasteiger partial charge is 0.491 e. The number of carbonyl (C=O) groups is 1. The molecule has 1 aliphatic heterocycles. The molecular weight excluding hydrogens is 359 g/mol. The van der Waals surface area contributed by atoms with Crippen molar-refractivity contribution in [3.05, 3.63) is 34.0 Å². The molecule has 132 valence electrons. The minimum atomic E-state index is -0.571. The highest BCUT2D eigenvalue weighted by atomic mass is 35.5. The van der Waals surface area contributed by atoms with Gasteiger partial charge in [0.15, 0.2) is 5.12 Å². The van der Waals surface area contributed by atoms with E-state index >= 15 is 0 Å². The van der Waals surface area contributed by atoms with Crippen molar-refractivity contribution in [3.63, 3.8) is 0 Å². The number of thioether (sulfide) groups is 1. The van der Waals surface area contributed by atoms with Gasteiger partial charge in [-0.3, -0.25) is 4.79 Å². The molecule has 1 saturated heterocycles. The van der Waals surface area contributed by atoms with Crippen LogP contribution in [0.2, 0.25) is 5.15 Å². The van der Waals surface area contributed by atoms with Crippen LogP contribution < -0.4 is 0 Å². The molecular formula is C17H20BClN2O3S. The SMILES string of the molecule is CC(=O)SCC(=Cc1cnc(Cl)c(C#N)c1)B1OC(C)(C)C(C)(C)O1. The van der Waals surface area contributed by atoms with E-state index in [0.717, 1.165) is 5.47 Å². The summed E-state index contributed by atoms with van der Waals surface area (Å²) in [6.07, 6.45) is 3.41. The van der Waals surface area contributed by atoms with E-state index in [4.69, 9.17) is 26.2 Å². The van der Waals surface area contributed by atoms with Crippen LogP contribution in [0.15, 0.2) is 17.7 Å². The molecule has 0 spiro atoms. The number of nitrogens with zero attached hydrogens (tertiary/aromatic N) is 2. The number of hydrogen-bond donors (Lipinski definition) is 0. The molecule has 25 heavy (non-hydrogen) atoms. The van der Waals surface area contributed by atoms with Gasteiger partial charge >= 0.3 is 7.12 Å². The van der Waals surface area contributed by atoms with Crippen LogP contribution in [0, 0.1) is 11.3 Å². The van der Waals surface area contributed by atoms with Gasteiger partial charge in [0.05, 0.1) is 16.8 Å². The monoisotopic (exact) mass is 378 g/mol. The Morgan fingerprint density at radius 2 is 2.00 bits per heavy atom. The van der Waals surface area contributed by atoms with Crippen LogP contribution in [0.1, 0.15) is 45.7 Å². The number of carbonyl (C=O) groups excluding carboxylic acids is 1. The summed E-state index contributed by atoms with van der Waals surface area (Å²) in [6.45, 7) is 9.41. The lowest BCUT2D eigenvalue weighted by atomic mass is 9.78. The fraction of sp³-hybridized carbons (Fsp3) is 0.471. The zero-order chi connectivity index (χ0) is 18.8. The fourth-order valence-corrected chi connectivity index (χ4v) is 2.93. The molecule has 1 aromatic heterocycles. The molecule has 0 N–H and O–H groups in total. The third-order valence-electron chi connectivity index (χ3n) is 4.33. The lowest BCUT2D eigenvalue weighted by molar-refractivity contribution is -0.109. The maximum atomic E-state index is 11.4. The third kappa shape index (κ3) is 4.65. The van der Waals surface area contributed by atoms with E-state index in [2.05, 4.69) is 4.98 Å². The van der Waals surface area contributed by atoms with Gasteiger partial charge in [-0.25, -0.2) is 4.98 Å². The van der Waals surface area contributed by atoms with Crippen LogP contribution in [-0.2, 0) is 14.1 Å². The summed E-state index contributed by atoms with van der Waals surface area (Å²) >= 11 is 7.07. The molecule has 0 aliphatic carbocycles.